The molecule has 1 amide bonds. The van der Waals surface area contributed by atoms with Gasteiger partial charge in [0.15, 0.2) is 12.5 Å². The van der Waals surface area contributed by atoms with Gasteiger partial charge in [-0.05, 0) is 54.2 Å². The number of hydrogen-bond donors (Lipinski definition) is 0. The zero-order valence-corrected chi connectivity index (χ0v) is 21.8. The number of amidine groups is 2. The molecule has 6 rings (SSSR count). The van der Waals surface area contributed by atoms with E-state index in [1.807, 2.05) is 35.4 Å². The average Bonchev–Trinajstić information content (AvgIpc) is 3.72. The largest absolute Gasteiger partial charge is 0.294 e. The Kier molecular flexibility index (Phi) is 6.66. The maximum atomic E-state index is 13.5. The van der Waals surface area contributed by atoms with Gasteiger partial charge in [0.2, 0.25) is 0 Å². The zero-order valence-electron chi connectivity index (χ0n) is 21.8. The van der Waals surface area contributed by atoms with E-state index in [0.717, 1.165) is 84.3 Å². The van der Waals surface area contributed by atoms with Gasteiger partial charge in [0.1, 0.15) is 11.4 Å². The van der Waals surface area contributed by atoms with Crippen molar-refractivity contribution >= 4 is 17.6 Å². The lowest BCUT2D eigenvalue weighted by atomic mass is 9.96. The van der Waals surface area contributed by atoms with Crippen molar-refractivity contribution in [2.45, 2.75) is 64.0 Å². The van der Waals surface area contributed by atoms with E-state index in [1.165, 1.54) is 0 Å². The summed E-state index contributed by atoms with van der Waals surface area (Å²) in [5.41, 5.74) is 5.44. The molecule has 0 bridgehead atoms. The van der Waals surface area contributed by atoms with Crippen molar-refractivity contribution in [3.05, 3.63) is 78.0 Å². The van der Waals surface area contributed by atoms with E-state index < -0.39 is 5.54 Å². The Hall–Kier alpha value is -4.00. The number of aromatic nitrogens is 1. The summed E-state index contributed by atoms with van der Waals surface area (Å²) in [6, 6.07) is 20.7. The Bertz CT molecular complexity index is 1420. The molecule has 0 radical (unpaired) electrons. The van der Waals surface area contributed by atoms with Crippen molar-refractivity contribution in [3.63, 3.8) is 0 Å². The summed E-state index contributed by atoms with van der Waals surface area (Å²) in [7, 11) is 0. The number of hydrogen-bond acceptors (Lipinski definition) is 6. The summed E-state index contributed by atoms with van der Waals surface area (Å²) >= 11 is 0. The van der Waals surface area contributed by atoms with Crippen LogP contribution in [0.4, 0.5) is 0 Å². The second-order valence-corrected chi connectivity index (χ2v) is 10.3. The van der Waals surface area contributed by atoms with Gasteiger partial charge in [-0.2, -0.15) is 5.11 Å². The van der Waals surface area contributed by atoms with Crippen molar-refractivity contribution in [1.29, 1.82) is 0 Å². The minimum Gasteiger partial charge on any atom is -0.294 e. The lowest BCUT2D eigenvalue weighted by Crippen LogP contribution is -2.40. The monoisotopic (exact) mass is 504 g/mol. The first-order chi connectivity index (χ1) is 18.7. The number of rotatable bonds is 8. The molecule has 1 aromatic heterocycles. The van der Waals surface area contributed by atoms with Crippen LogP contribution in [0.1, 0.15) is 63.0 Å². The van der Waals surface area contributed by atoms with Gasteiger partial charge in [-0.1, -0.05) is 68.7 Å². The van der Waals surface area contributed by atoms with E-state index in [9.17, 15) is 4.79 Å². The standard InChI is InChI=1S/C31H32N6O/c1-2-3-11-28-35-31(16-7-8-17-31)30(38)37(28)20-22-12-15-27(32-19-22)26-18-24(23-9-5-4-6-10-23)13-14-25(26)29-33-21-34-36-29/h4-6,9-10,12-15,18-19H,2-3,7-8,11,16-17,20-21H2,1H3. The predicted octanol–water partition coefficient (Wildman–Crippen LogP) is 6.83. The topological polar surface area (TPSA) is 82.6 Å². The molecule has 2 aromatic carbocycles. The number of aliphatic imine (C=N–C) groups is 2. The first kappa shape index (κ1) is 24.3. The van der Waals surface area contributed by atoms with Gasteiger partial charge in [0.05, 0.1) is 12.2 Å². The van der Waals surface area contributed by atoms with Crippen LogP contribution < -0.4 is 0 Å². The molecule has 3 heterocycles. The van der Waals surface area contributed by atoms with Crippen LogP contribution >= 0.6 is 0 Å². The van der Waals surface area contributed by atoms with E-state index >= 15 is 0 Å². The Morgan fingerprint density at radius 1 is 0.947 bits per heavy atom. The van der Waals surface area contributed by atoms with Gasteiger partial charge in [-0.15, -0.1) is 5.11 Å². The van der Waals surface area contributed by atoms with Gasteiger partial charge in [0, 0.05) is 23.7 Å². The third-order valence-electron chi connectivity index (χ3n) is 7.74. The number of nitrogens with zero attached hydrogens (tertiary/aromatic N) is 6. The van der Waals surface area contributed by atoms with E-state index in [0.29, 0.717) is 19.0 Å². The number of amides is 1. The van der Waals surface area contributed by atoms with E-state index in [2.05, 4.69) is 58.5 Å². The molecule has 1 saturated carbocycles. The number of carbonyl (C=O) groups is 1. The Morgan fingerprint density at radius 2 is 1.79 bits per heavy atom. The highest BCUT2D eigenvalue weighted by Gasteiger charge is 2.49. The van der Waals surface area contributed by atoms with Crippen molar-refractivity contribution < 1.29 is 4.79 Å². The van der Waals surface area contributed by atoms with Gasteiger partial charge in [-0.25, -0.2) is 4.99 Å². The smallest absolute Gasteiger partial charge is 0.256 e. The molecule has 1 fully saturated rings. The summed E-state index contributed by atoms with van der Waals surface area (Å²) in [5.74, 6) is 1.75. The third kappa shape index (κ3) is 4.57. The highest BCUT2D eigenvalue weighted by atomic mass is 16.2. The molecule has 1 spiro atoms. The molecular weight excluding hydrogens is 472 g/mol. The average molecular weight is 505 g/mol. The first-order valence-electron chi connectivity index (χ1n) is 13.6. The van der Waals surface area contributed by atoms with Crippen LogP contribution in [0.5, 0.6) is 0 Å². The van der Waals surface area contributed by atoms with Gasteiger partial charge in [-0.3, -0.25) is 19.7 Å². The minimum atomic E-state index is -0.514. The SMILES string of the molecule is CCCCC1=NC2(CCCC2)C(=O)N1Cc1ccc(-c2cc(-c3ccccc3)ccc2C2=NCN=N2)nc1. The van der Waals surface area contributed by atoms with Crippen molar-refractivity contribution in [2.24, 2.45) is 20.2 Å². The van der Waals surface area contributed by atoms with Crippen LogP contribution in [0.15, 0.2) is 87.1 Å². The van der Waals surface area contributed by atoms with Crippen LogP contribution in [-0.2, 0) is 11.3 Å². The summed E-state index contributed by atoms with van der Waals surface area (Å²) < 4.78 is 0. The highest BCUT2D eigenvalue weighted by molar-refractivity contribution is 6.08. The highest BCUT2D eigenvalue weighted by Crippen LogP contribution is 2.40. The molecule has 2 aliphatic heterocycles. The molecule has 192 valence electrons. The van der Waals surface area contributed by atoms with E-state index in [-0.39, 0.29) is 5.91 Å². The lowest BCUT2D eigenvalue weighted by Gasteiger charge is -2.22. The zero-order chi connectivity index (χ0) is 26.0. The second-order valence-electron chi connectivity index (χ2n) is 10.3. The number of azo groups is 1. The second kappa shape index (κ2) is 10.4. The molecule has 0 unspecified atom stereocenters. The number of carbonyl (C=O) groups excluding carboxylic acids is 1. The van der Waals surface area contributed by atoms with E-state index in [4.69, 9.17) is 9.98 Å². The van der Waals surface area contributed by atoms with Crippen LogP contribution in [0.3, 0.4) is 0 Å². The molecule has 38 heavy (non-hydrogen) atoms. The minimum absolute atomic E-state index is 0.174. The van der Waals surface area contributed by atoms with Gasteiger partial charge >= 0.3 is 0 Å². The van der Waals surface area contributed by atoms with Crippen LogP contribution in [-0.4, -0.2) is 39.7 Å². The molecular formula is C31H32N6O. The Morgan fingerprint density at radius 3 is 2.50 bits per heavy atom. The fraction of sp³-hybridized carbons (Fsp3) is 0.355. The molecule has 0 N–H and O–H groups in total. The fourth-order valence-corrected chi connectivity index (χ4v) is 5.69. The van der Waals surface area contributed by atoms with Gasteiger partial charge < -0.3 is 0 Å². The number of pyridine rings is 1. The molecule has 7 nitrogen and oxygen atoms in total. The number of unbranched alkanes of at least 4 members (excludes halogenated alkanes) is 1. The Balaban J connectivity index is 1.30. The van der Waals surface area contributed by atoms with Crippen LogP contribution in [0.25, 0.3) is 22.4 Å². The van der Waals surface area contributed by atoms with Crippen molar-refractivity contribution in [3.8, 4) is 22.4 Å². The molecule has 0 atom stereocenters. The van der Waals surface area contributed by atoms with Crippen LogP contribution in [0.2, 0.25) is 0 Å². The third-order valence-corrected chi connectivity index (χ3v) is 7.74. The molecule has 3 aliphatic rings. The number of benzene rings is 2. The molecule has 1 aliphatic carbocycles. The maximum Gasteiger partial charge on any atom is 0.256 e. The molecule has 7 heteroatoms. The normalized spacial score (nSPS) is 17.9. The summed E-state index contributed by atoms with van der Waals surface area (Å²) in [6.07, 6.45) is 8.76. The maximum absolute atomic E-state index is 13.5. The summed E-state index contributed by atoms with van der Waals surface area (Å²) in [4.78, 5) is 29.8. The first-order valence-corrected chi connectivity index (χ1v) is 13.6. The van der Waals surface area contributed by atoms with E-state index in [1.54, 1.807) is 0 Å². The lowest BCUT2D eigenvalue weighted by molar-refractivity contribution is -0.131. The van der Waals surface area contributed by atoms with Gasteiger partial charge in [0.25, 0.3) is 5.91 Å². The summed E-state index contributed by atoms with van der Waals surface area (Å²) in [5, 5.41) is 8.29. The summed E-state index contributed by atoms with van der Waals surface area (Å²) in [6.45, 7) is 3.04. The molecule has 0 saturated heterocycles. The molecule has 3 aromatic rings. The quantitative estimate of drug-likeness (QED) is 0.337. The Labute approximate surface area is 223 Å². The predicted molar refractivity (Wildman–Crippen MR) is 150 cm³/mol. The fourth-order valence-electron chi connectivity index (χ4n) is 5.69. The van der Waals surface area contributed by atoms with Crippen LogP contribution in [0, 0.1) is 0 Å². The van der Waals surface area contributed by atoms with Crippen molar-refractivity contribution in [1.82, 2.24) is 9.88 Å². The van der Waals surface area contributed by atoms with Crippen molar-refractivity contribution in [2.75, 3.05) is 6.67 Å².